The quantitative estimate of drug-likeness (QED) is 0.545. The van der Waals surface area contributed by atoms with Gasteiger partial charge < -0.3 is 0 Å². The molecule has 0 bridgehead atoms. The second kappa shape index (κ2) is 3.24. The van der Waals surface area contributed by atoms with Crippen molar-refractivity contribution in [1.82, 2.24) is 0 Å². The van der Waals surface area contributed by atoms with Gasteiger partial charge >= 0.3 is 0 Å². The Bertz CT molecular complexity index is 186. The lowest BCUT2D eigenvalue weighted by molar-refractivity contribution is 0.603. The molecule has 0 heteroatoms. The van der Waals surface area contributed by atoms with Crippen LogP contribution in [-0.2, 0) is 0 Å². The van der Waals surface area contributed by atoms with Gasteiger partial charge in [0.15, 0.2) is 0 Å². The van der Waals surface area contributed by atoms with Crippen LogP contribution < -0.4 is 0 Å². The predicted molar refractivity (Wildman–Crippen MR) is 53.0 cm³/mol. The number of rotatable bonds is 2. The van der Waals surface area contributed by atoms with E-state index < -0.39 is 0 Å². The van der Waals surface area contributed by atoms with E-state index >= 15 is 0 Å². The smallest absolute Gasteiger partial charge is 0.0203 e. The molecule has 0 radical (unpaired) electrons. The maximum atomic E-state index is 2.60. The standard InChI is InChI=1S/C12H20/c1-3-11-7-4-9(2)12(11)8-10-5-6-10/h8-11H,3-7H2,1-2H3/b12-8-. The minimum atomic E-state index is 0.899. The lowest BCUT2D eigenvalue weighted by Gasteiger charge is -2.11. The molecule has 0 aliphatic heterocycles. The monoisotopic (exact) mass is 164 g/mol. The van der Waals surface area contributed by atoms with Gasteiger partial charge in [-0.3, -0.25) is 0 Å². The fourth-order valence-corrected chi connectivity index (χ4v) is 2.46. The van der Waals surface area contributed by atoms with E-state index in [2.05, 4.69) is 19.9 Å². The normalized spacial score (nSPS) is 39.3. The average molecular weight is 164 g/mol. The lowest BCUT2D eigenvalue weighted by atomic mass is 9.94. The maximum absolute atomic E-state index is 2.60. The van der Waals surface area contributed by atoms with Gasteiger partial charge in [0.1, 0.15) is 0 Å². The first-order valence-corrected chi connectivity index (χ1v) is 5.53. The van der Waals surface area contributed by atoms with Crippen molar-refractivity contribution >= 4 is 0 Å². The SMILES string of the molecule is CCC1CCC(C)/C1=C/C1CC1. The van der Waals surface area contributed by atoms with Gasteiger partial charge in [0.05, 0.1) is 0 Å². The van der Waals surface area contributed by atoms with Crippen molar-refractivity contribution in [3.8, 4) is 0 Å². The van der Waals surface area contributed by atoms with Crippen LogP contribution in [-0.4, -0.2) is 0 Å². The number of hydrogen-bond acceptors (Lipinski definition) is 0. The van der Waals surface area contributed by atoms with E-state index in [0.717, 1.165) is 17.8 Å². The highest BCUT2D eigenvalue weighted by Crippen LogP contribution is 2.42. The zero-order chi connectivity index (χ0) is 8.55. The largest absolute Gasteiger partial charge is 0.0817 e. The predicted octanol–water partition coefficient (Wildman–Crippen LogP) is 3.78. The van der Waals surface area contributed by atoms with Gasteiger partial charge in [0.2, 0.25) is 0 Å². The second-order valence-electron chi connectivity index (χ2n) is 4.59. The van der Waals surface area contributed by atoms with E-state index in [9.17, 15) is 0 Å². The summed E-state index contributed by atoms with van der Waals surface area (Å²) in [5, 5.41) is 0. The molecule has 2 unspecified atom stereocenters. The van der Waals surface area contributed by atoms with Gasteiger partial charge in [-0.2, -0.15) is 0 Å². The molecule has 0 aromatic carbocycles. The van der Waals surface area contributed by atoms with Gasteiger partial charge in [0.25, 0.3) is 0 Å². The third kappa shape index (κ3) is 1.57. The van der Waals surface area contributed by atoms with E-state index in [4.69, 9.17) is 0 Å². The molecular formula is C12H20. The highest BCUT2D eigenvalue weighted by atomic mass is 14.3. The van der Waals surface area contributed by atoms with Crippen LogP contribution in [0.3, 0.4) is 0 Å². The van der Waals surface area contributed by atoms with Gasteiger partial charge in [-0.15, -0.1) is 0 Å². The van der Waals surface area contributed by atoms with Crippen LogP contribution >= 0.6 is 0 Å². The molecule has 68 valence electrons. The van der Waals surface area contributed by atoms with E-state index in [1.165, 1.54) is 32.1 Å². The molecule has 2 aliphatic carbocycles. The summed E-state index contributed by atoms with van der Waals surface area (Å²) in [6.45, 7) is 4.74. The van der Waals surface area contributed by atoms with Crippen LogP contribution in [0, 0.1) is 17.8 Å². The summed E-state index contributed by atoms with van der Waals surface area (Å²) in [7, 11) is 0. The molecule has 0 amide bonds. The first-order chi connectivity index (χ1) is 5.81. The minimum Gasteiger partial charge on any atom is -0.0817 e. The Hall–Kier alpha value is -0.260. The summed E-state index contributed by atoms with van der Waals surface area (Å²) in [6, 6.07) is 0. The van der Waals surface area contributed by atoms with Gasteiger partial charge in [-0.05, 0) is 49.9 Å². The summed E-state index contributed by atoms with van der Waals surface area (Å²) in [5.74, 6) is 2.82. The molecule has 2 rings (SSSR count). The number of hydrogen-bond donors (Lipinski definition) is 0. The molecule has 0 saturated heterocycles. The maximum Gasteiger partial charge on any atom is -0.0203 e. The third-order valence-corrected chi connectivity index (χ3v) is 3.53. The van der Waals surface area contributed by atoms with Crippen molar-refractivity contribution in [1.29, 1.82) is 0 Å². The molecule has 0 aromatic rings. The molecule has 0 spiro atoms. The first kappa shape index (κ1) is 8.34. The fourth-order valence-electron chi connectivity index (χ4n) is 2.46. The van der Waals surface area contributed by atoms with Crippen LogP contribution in [0.2, 0.25) is 0 Å². The molecule has 2 saturated carbocycles. The van der Waals surface area contributed by atoms with E-state index in [1.54, 1.807) is 5.57 Å². The van der Waals surface area contributed by atoms with Crippen molar-refractivity contribution in [2.75, 3.05) is 0 Å². The van der Waals surface area contributed by atoms with Gasteiger partial charge in [0, 0.05) is 0 Å². The highest BCUT2D eigenvalue weighted by molar-refractivity contribution is 5.17. The summed E-state index contributed by atoms with van der Waals surface area (Å²) >= 11 is 0. The van der Waals surface area contributed by atoms with Crippen LogP contribution in [0.5, 0.6) is 0 Å². The van der Waals surface area contributed by atoms with Crippen molar-refractivity contribution in [2.45, 2.75) is 46.0 Å². The molecule has 0 nitrogen and oxygen atoms in total. The van der Waals surface area contributed by atoms with Crippen molar-refractivity contribution in [3.63, 3.8) is 0 Å². The molecule has 0 aromatic heterocycles. The van der Waals surface area contributed by atoms with Gasteiger partial charge in [-0.1, -0.05) is 25.5 Å². The Kier molecular flexibility index (Phi) is 2.25. The van der Waals surface area contributed by atoms with Crippen LogP contribution in [0.4, 0.5) is 0 Å². The van der Waals surface area contributed by atoms with Crippen LogP contribution in [0.1, 0.15) is 46.0 Å². The average Bonchev–Trinajstić information content (AvgIpc) is 2.80. The summed E-state index contributed by atoms with van der Waals surface area (Å²) < 4.78 is 0. The molecule has 2 atom stereocenters. The molecule has 0 N–H and O–H groups in total. The van der Waals surface area contributed by atoms with Crippen LogP contribution in [0.15, 0.2) is 11.6 Å². The summed E-state index contributed by atoms with van der Waals surface area (Å²) in [5.41, 5.74) is 1.81. The molecule has 2 fully saturated rings. The zero-order valence-electron chi connectivity index (χ0n) is 8.34. The van der Waals surface area contributed by atoms with Gasteiger partial charge in [-0.25, -0.2) is 0 Å². The topological polar surface area (TPSA) is 0 Å². The third-order valence-electron chi connectivity index (χ3n) is 3.53. The van der Waals surface area contributed by atoms with Crippen molar-refractivity contribution < 1.29 is 0 Å². The van der Waals surface area contributed by atoms with E-state index in [0.29, 0.717) is 0 Å². The fraction of sp³-hybridized carbons (Fsp3) is 0.833. The summed E-state index contributed by atoms with van der Waals surface area (Å²) in [6.07, 6.45) is 9.79. The second-order valence-corrected chi connectivity index (χ2v) is 4.59. The lowest BCUT2D eigenvalue weighted by Crippen LogP contribution is -1.98. The Balaban J connectivity index is 2.07. The molecule has 0 heterocycles. The summed E-state index contributed by atoms with van der Waals surface area (Å²) in [4.78, 5) is 0. The molecular weight excluding hydrogens is 144 g/mol. The molecule has 2 aliphatic rings. The Morgan fingerprint density at radius 1 is 1.25 bits per heavy atom. The molecule has 12 heavy (non-hydrogen) atoms. The Morgan fingerprint density at radius 2 is 2.00 bits per heavy atom. The number of allylic oxidation sites excluding steroid dienone is 2. The zero-order valence-corrected chi connectivity index (χ0v) is 8.34. The first-order valence-electron chi connectivity index (χ1n) is 5.53. The Morgan fingerprint density at radius 3 is 2.58 bits per heavy atom. The Labute approximate surface area is 76.1 Å². The van der Waals surface area contributed by atoms with Crippen LogP contribution in [0.25, 0.3) is 0 Å². The van der Waals surface area contributed by atoms with Crippen molar-refractivity contribution in [2.24, 2.45) is 17.8 Å². The minimum absolute atomic E-state index is 0.899. The van der Waals surface area contributed by atoms with Crippen molar-refractivity contribution in [3.05, 3.63) is 11.6 Å². The van der Waals surface area contributed by atoms with E-state index in [-0.39, 0.29) is 0 Å². The highest BCUT2D eigenvalue weighted by Gasteiger charge is 2.28. The van der Waals surface area contributed by atoms with E-state index in [1.807, 2.05) is 0 Å².